The van der Waals surface area contributed by atoms with E-state index in [1.165, 1.54) is 21.3 Å². The highest BCUT2D eigenvalue weighted by molar-refractivity contribution is 7.98. The molecule has 0 radical (unpaired) electrons. The van der Waals surface area contributed by atoms with Gasteiger partial charge in [-0.1, -0.05) is 18.2 Å². The average molecular weight is 594 g/mol. The normalized spacial score (nSPS) is 18.1. The van der Waals surface area contributed by atoms with Crippen LogP contribution in [0.4, 0.5) is 8.78 Å². The topological polar surface area (TPSA) is 140 Å². The zero-order valence-corrected chi connectivity index (χ0v) is 22.3. The summed E-state index contributed by atoms with van der Waals surface area (Å²) in [7, 11) is -4.94. The van der Waals surface area contributed by atoms with Gasteiger partial charge in [-0.2, -0.15) is 0 Å². The highest BCUT2D eigenvalue weighted by atomic mass is 32.2. The van der Waals surface area contributed by atoms with Crippen LogP contribution >= 0.6 is 19.6 Å². The van der Waals surface area contributed by atoms with Gasteiger partial charge in [0.1, 0.15) is 6.17 Å². The van der Waals surface area contributed by atoms with E-state index in [2.05, 4.69) is 9.95 Å². The number of ether oxygens (including phenoxy) is 2. The third-order valence-electron chi connectivity index (χ3n) is 6.89. The van der Waals surface area contributed by atoms with Gasteiger partial charge in [0, 0.05) is 34.4 Å². The highest BCUT2D eigenvalue weighted by Gasteiger charge is 2.39. The van der Waals surface area contributed by atoms with Crippen LogP contribution in [0.1, 0.15) is 27.2 Å². The maximum absolute atomic E-state index is 15.1. The average Bonchev–Trinajstić information content (AvgIpc) is 3.11. The third kappa shape index (κ3) is 4.80. The molecule has 210 valence electrons. The molecule has 15 heteroatoms. The number of carbonyl (C=O) groups excluding carboxylic acids is 1. The number of phosphoric acid groups is 1. The Balaban J connectivity index is 1.56. The molecule has 3 N–H and O–H groups in total. The lowest BCUT2D eigenvalue weighted by Crippen LogP contribution is -2.59. The molecular formula is C25H22F2N3O8PS. The fraction of sp³-hybridized carbons (Fsp3) is 0.280. The van der Waals surface area contributed by atoms with Crippen LogP contribution < -0.4 is 15.6 Å². The Morgan fingerprint density at radius 1 is 1.18 bits per heavy atom. The number of fused-ring (bicyclic) bond motifs is 4. The quantitative estimate of drug-likeness (QED) is 0.299. The molecule has 0 aliphatic carbocycles. The van der Waals surface area contributed by atoms with Gasteiger partial charge in [-0.15, -0.1) is 11.8 Å². The zero-order chi connectivity index (χ0) is 28.2. The van der Waals surface area contributed by atoms with E-state index in [0.29, 0.717) is 5.56 Å². The number of nitrogens with one attached hydrogen (secondary N) is 1. The largest absolute Gasteiger partial charge is 0.472 e. The third-order valence-corrected chi connectivity index (χ3v) is 8.47. The summed E-state index contributed by atoms with van der Waals surface area (Å²) in [6, 6.07) is 9.60. The molecule has 3 aliphatic heterocycles. The van der Waals surface area contributed by atoms with Crippen molar-refractivity contribution in [2.45, 2.75) is 23.2 Å². The Kier molecular flexibility index (Phi) is 6.93. The number of hydrogen-bond acceptors (Lipinski definition) is 8. The second-order valence-electron chi connectivity index (χ2n) is 9.26. The van der Waals surface area contributed by atoms with Gasteiger partial charge in [-0.3, -0.25) is 9.59 Å². The van der Waals surface area contributed by atoms with Crippen LogP contribution in [0.15, 0.2) is 46.1 Å². The van der Waals surface area contributed by atoms with Gasteiger partial charge < -0.3 is 29.6 Å². The number of nitrogens with zero attached hydrogens (tertiary/aromatic N) is 2. The van der Waals surface area contributed by atoms with E-state index >= 15 is 8.78 Å². The van der Waals surface area contributed by atoms with E-state index in [1.807, 2.05) is 24.3 Å². The summed E-state index contributed by atoms with van der Waals surface area (Å²) < 4.78 is 57.7. The molecule has 1 saturated heterocycles. The molecule has 3 aromatic rings. The van der Waals surface area contributed by atoms with Crippen LogP contribution in [0, 0.1) is 11.6 Å². The molecule has 0 saturated carbocycles. The molecule has 0 unspecified atom stereocenters. The molecule has 11 nitrogen and oxygen atoms in total. The first-order valence-corrected chi connectivity index (χ1v) is 14.6. The Bertz CT molecular complexity index is 1650. The summed E-state index contributed by atoms with van der Waals surface area (Å²) in [5.74, 6) is -3.08. The van der Waals surface area contributed by atoms with Crippen molar-refractivity contribution in [3.05, 3.63) is 80.6 Å². The van der Waals surface area contributed by atoms with Crippen LogP contribution in [-0.2, 0) is 26.0 Å². The van der Waals surface area contributed by atoms with Gasteiger partial charge in [0.05, 0.1) is 18.9 Å². The van der Waals surface area contributed by atoms with E-state index in [1.54, 1.807) is 0 Å². The summed E-state index contributed by atoms with van der Waals surface area (Å²) in [5, 5.41) is 0. The SMILES string of the molecule is O=C1c2c(OCOP(=O)(O)O)c(=O)cc(-c3cc(F)c(F)c4c3Cc3ccccc3SC4)n2N[C@@H]2COCCN12. The van der Waals surface area contributed by atoms with Crippen molar-refractivity contribution in [1.82, 2.24) is 9.58 Å². The molecule has 1 fully saturated rings. The number of hydrogen-bond donors (Lipinski definition) is 3. The van der Waals surface area contributed by atoms with Crippen molar-refractivity contribution < 1.29 is 41.9 Å². The van der Waals surface area contributed by atoms with Crippen molar-refractivity contribution >= 4 is 25.5 Å². The molecular weight excluding hydrogens is 571 g/mol. The predicted octanol–water partition coefficient (Wildman–Crippen LogP) is 2.79. The minimum Gasteiger partial charge on any atom is -0.460 e. The van der Waals surface area contributed by atoms with E-state index in [9.17, 15) is 14.2 Å². The minimum absolute atomic E-state index is 0.0846. The Labute approximate surface area is 229 Å². The van der Waals surface area contributed by atoms with Crippen molar-refractivity contribution in [1.29, 1.82) is 0 Å². The van der Waals surface area contributed by atoms with Crippen molar-refractivity contribution in [2.75, 3.05) is 32.0 Å². The van der Waals surface area contributed by atoms with E-state index in [0.717, 1.165) is 22.6 Å². The lowest BCUT2D eigenvalue weighted by atomic mass is 9.92. The van der Waals surface area contributed by atoms with Crippen molar-refractivity contribution in [2.24, 2.45) is 0 Å². The zero-order valence-electron chi connectivity index (χ0n) is 20.6. The van der Waals surface area contributed by atoms with Crippen LogP contribution in [-0.4, -0.2) is 58.0 Å². The molecule has 4 heterocycles. The maximum Gasteiger partial charge on any atom is 0.472 e. The van der Waals surface area contributed by atoms with Gasteiger partial charge in [-0.25, -0.2) is 22.5 Å². The summed E-state index contributed by atoms with van der Waals surface area (Å²) >= 11 is 1.37. The highest BCUT2D eigenvalue weighted by Crippen LogP contribution is 2.41. The Morgan fingerprint density at radius 3 is 2.77 bits per heavy atom. The van der Waals surface area contributed by atoms with E-state index in [-0.39, 0.29) is 54.4 Å². The number of thioether (sulfide) groups is 1. The monoisotopic (exact) mass is 593 g/mol. The lowest BCUT2D eigenvalue weighted by molar-refractivity contribution is -0.00352. The number of aromatic nitrogens is 1. The number of halogens is 2. The molecule has 40 heavy (non-hydrogen) atoms. The fourth-order valence-corrected chi connectivity index (χ4v) is 6.37. The van der Waals surface area contributed by atoms with Crippen LogP contribution in [0.2, 0.25) is 0 Å². The van der Waals surface area contributed by atoms with Crippen LogP contribution in [0.5, 0.6) is 5.75 Å². The molecule has 1 amide bonds. The second-order valence-corrected chi connectivity index (χ2v) is 11.5. The second kappa shape index (κ2) is 10.3. The summed E-state index contributed by atoms with van der Waals surface area (Å²) in [6.07, 6.45) is -0.399. The van der Waals surface area contributed by atoms with E-state index in [4.69, 9.17) is 19.3 Å². The molecule has 1 atom stereocenters. The van der Waals surface area contributed by atoms with Crippen LogP contribution in [0.25, 0.3) is 11.3 Å². The molecule has 3 aliphatic rings. The van der Waals surface area contributed by atoms with Gasteiger partial charge >= 0.3 is 7.82 Å². The van der Waals surface area contributed by atoms with E-state index < -0.39 is 49.5 Å². The number of phosphoric ester groups is 1. The predicted molar refractivity (Wildman–Crippen MR) is 138 cm³/mol. The number of carbonyl (C=O) groups is 1. The van der Waals surface area contributed by atoms with Crippen LogP contribution in [0.3, 0.4) is 0 Å². The smallest absolute Gasteiger partial charge is 0.460 e. The molecule has 0 bridgehead atoms. The number of morpholine rings is 1. The maximum atomic E-state index is 15.1. The number of amides is 1. The summed E-state index contributed by atoms with van der Waals surface area (Å²) in [6.45, 7) is -0.449. The molecule has 0 spiro atoms. The first kappa shape index (κ1) is 26.9. The first-order valence-electron chi connectivity index (χ1n) is 12.1. The number of pyridine rings is 1. The Hall–Kier alpha value is -3.26. The lowest BCUT2D eigenvalue weighted by Gasteiger charge is -2.42. The molecule has 1 aromatic heterocycles. The van der Waals surface area contributed by atoms with Crippen molar-refractivity contribution in [3.63, 3.8) is 0 Å². The van der Waals surface area contributed by atoms with Crippen molar-refractivity contribution in [3.8, 4) is 17.0 Å². The Morgan fingerprint density at radius 2 is 1.98 bits per heavy atom. The van der Waals surface area contributed by atoms with Gasteiger partial charge in [-0.05, 0) is 29.7 Å². The first-order chi connectivity index (χ1) is 19.1. The minimum atomic E-state index is -4.94. The molecule has 6 rings (SSSR count). The number of rotatable bonds is 5. The molecule has 2 aromatic carbocycles. The summed E-state index contributed by atoms with van der Waals surface area (Å²) in [5.41, 5.74) is 3.80. The number of benzene rings is 2. The van der Waals surface area contributed by atoms with Gasteiger partial charge in [0.15, 0.2) is 17.3 Å². The summed E-state index contributed by atoms with van der Waals surface area (Å²) in [4.78, 5) is 47.4. The van der Waals surface area contributed by atoms with Gasteiger partial charge in [0.25, 0.3) is 5.91 Å². The van der Waals surface area contributed by atoms with Gasteiger partial charge in [0.2, 0.25) is 18.0 Å². The fourth-order valence-electron chi connectivity index (χ4n) is 5.08. The standard InChI is InChI=1S/C25H22F2N3O8PS/c26-17-8-15(14-7-13-3-1-2-4-20(13)40-11-16(14)22(17)27)18-9-19(31)24(37-12-38-39(33,34)35)23-25(32)29-5-6-36-10-21(29)28-30(18)23/h1-4,8-9,21,28H,5-7,10-12H2,(H2,33,34,35)/t21-/m0/s1.